The third kappa shape index (κ3) is 5.44. The number of ether oxygens (including phenoxy) is 3. The number of carbonyl (C=O) groups excluding carboxylic acids is 3. The number of hydrogen-bond acceptors (Lipinski definition) is 6. The highest BCUT2D eigenvalue weighted by Crippen LogP contribution is 2.44. The normalized spacial score (nSPS) is 32.4. The topological polar surface area (TPSA) is 78.9 Å². The fourth-order valence-electron chi connectivity index (χ4n) is 3.82. The summed E-state index contributed by atoms with van der Waals surface area (Å²) in [7, 11) is 0. The predicted octanol–water partition coefficient (Wildman–Crippen LogP) is 2.88. The molecule has 142 valence electrons. The first-order chi connectivity index (χ1) is 11.6. The van der Waals surface area contributed by atoms with Crippen LogP contribution in [0.4, 0.5) is 0 Å². The Balaban J connectivity index is 1.85. The van der Waals surface area contributed by atoms with Crippen molar-refractivity contribution in [1.29, 1.82) is 0 Å². The maximum Gasteiger partial charge on any atom is 0.347 e. The molecule has 0 spiro atoms. The monoisotopic (exact) mass is 354 g/mol. The van der Waals surface area contributed by atoms with Gasteiger partial charge in [-0.3, -0.25) is 9.59 Å². The van der Waals surface area contributed by atoms with Crippen LogP contribution in [0, 0.1) is 23.7 Å². The van der Waals surface area contributed by atoms with E-state index in [-0.39, 0.29) is 30.2 Å². The van der Waals surface area contributed by atoms with Gasteiger partial charge in [-0.25, -0.2) is 4.79 Å². The van der Waals surface area contributed by atoms with Crippen molar-refractivity contribution in [2.75, 3.05) is 6.61 Å². The molecule has 0 aromatic carbocycles. The summed E-state index contributed by atoms with van der Waals surface area (Å²) in [6.45, 7) is 10.1. The minimum absolute atomic E-state index is 0.160. The lowest BCUT2D eigenvalue weighted by Gasteiger charge is -2.22. The molecule has 5 unspecified atom stereocenters. The Morgan fingerprint density at radius 2 is 1.64 bits per heavy atom. The Kier molecular flexibility index (Phi) is 6.12. The zero-order valence-corrected chi connectivity index (χ0v) is 15.9. The molecule has 1 aliphatic heterocycles. The van der Waals surface area contributed by atoms with Crippen LogP contribution in [0.2, 0.25) is 0 Å². The summed E-state index contributed by atoms with van der Waals surface area (Å²) >= 11 is 0. The second kappa shape index (κ2) is 7.75. The average Bonchev–Trinajstić information content (AvgIpc) is 2.97. The molecule has 1 saturated carbocycles. The molecule has 1 saturated heterocycles. The number of cyclic esters (lactones) is 1. The van der Waals surface area contributed by atoms with Gasteiger partial charge in [0.1, 0.15) is 5.60 Å². The first-order valence-electron chi connectivity index (χ1n) is 9.14. The molecule has 2 fully saturated rings. The van der Waals surface area contributed by atoms with Crippen LogP contribution in [-0.4, -0.2) is 36.2 Å². The van der Waals surface area contributed by atoms with Gasteiger partial charge >= 0.3 is 17.9 Å². The Hall–Kier alpha value is -1.59. The van der Waals surface area contributed by atoms with E-state index in [0.717, 1.165) is 6.42 Å². The zero-order chi connectivity index (χ0) is 18.8. The van der Waals surface area contributed by atoms with Crippen LogP contribution < -0.4 is 0 Å². The molecule has 0 amide bonds. The molecule has 0 radical (unpaired) electrons. The highest BCUT2D eigenvalue weighted by atomic mass is 16.6. The van der Waals surface area contributed by atoms with Gasteiger partial charge < -0.3 is 14.2 Å². The van der Waals surface area contributed by atoms with Crippen LogP contribution in [0.5, 0.6) is 0 Å². The maximum atomic E-state index is 12.1. The molecule has 2 rings (SSSR count). The zero-order valence-electron chi connectivity index (χ0n) is 15.9. The molecule has 1 heterocycles. The molecule has 0 bridgehead atoms. The van der Waals surface area contributed by atoms with Crippen molar-refractivity contribution in [3.05, 3.63) is 0 Å². The van der Waals surface area contributed by atoms with Crippen LogP contribution in [0.25, 0.3) is 0 Å². The summed E-state index contributed by atoms with van der Waals surface area (Å²) in [6.07, 6.45) is 1.14. The van der Waals surface area contributed by atoms with Crippen molar-refractivity contribution in [1.82, 2.24) is 0 Å². The summed E-state index contributed by atoms with van der Waals surface area (Å²) in [5.74, 6) is 0.0204. The van der Waals surface area contributed by atoms with Crippen LogP contribution in [-0.2, 0) is 28.6 Å². The van der Waals surface area contributed by atoms with Gasteiger partial charge in [0, 0.05) is 19.3 Å². The number of esters is 3. The highest BCUT2D eigenvalue weighted by Gasteiger charge is 2.41. The van der Waals surface area contributed by atoms with E-state index in [9.17, 15) is 14.4 Å². The van der Waals surface area contributed by atoms with E-state index < -0.39 is 17.7 Å². The van der Waals surface area contributed by atoms with Crippen molar-refractivity contribution in [2.24, 2.45) is 23.7 Å². The lowest BCUT2D eigenvalue weighted by molar-refractivity contribution is -0.161. The molecule has 5 atom stereocenters. The fourth-order valence-corrected chi connectivity index (χ4v) is 3.82. The summed E-state index contributed by atoms with van der Waals surface area (Å²) in [6, 6.07) is 0. The molecule has 25 heavy (non-hydrogen) atoms. The van der Waals surface area contributed by atoms with Gasteiger partial charge in [-0.2, -0.15) is 0 Å². The van der Waals surface area contributed by atoms with Crippen LogP contribution in [0.1, 0.15) is 60.3 Å². The fraction of sp³-hybridized carbons (Fsp3) is 0.842. The maximum absolute atomic E-state index is 12.1. The third-order valence-electron chi connectivity index (χ3n) is 5.36. The van der Waals surface area contributed by atoms with E-state index in [1.165, 1.54) is 0 Å². The second-order valence-corrected chi connectivity index (χ2v) is 8.40. The summed E-state index contributed by atoms with van der Waals surface area (Å²) in [4.78, 5) is 35.6. The first kappa shape index (κ1) is 19.7. The Morgan fingerprint density at radius 1 is 1.08 bits per heavy atom. The quantitative estimate of drug-likeness (QED) is 0.558. The van der Waals surface area contributed by atoms with Gasteiger partial charge in [0.25, 0.3) is 0 Å². The minimum atomic E-state index is -0.751. The predicted molar refractivity (Wildman–Crippen MR) is 90.5 cm³/mol. The van der Waals surface area contributed by atoms with Crippen molar-refractivity contribution in [3.8, 4) is 0 Å². The summed E-state index contributed by atoms with van der Waals surface area (Å²) < 4.78 is 15.5. The van der Waals surface area contributed by atoms with Gasteiger partial charge in [0.05, 0.1) is 6.61 Å². The molecule has 0 N–H and O–H groups in total. The first-order valence-corrected chi connectivity index (χ1v) is 9.14. The van der Waals surface area contributed by atoms with Crippen molar-refractivity contribution < 1.29 is 28.6 Å². The smallest absolute Gasteiger partial charge is 0.347 e. The molecule has 0 aromatic rings. The summed E-state index contributed by atoms with van der Waals surface area (Å²) in [5.41, 5.74) is -0.483. The van der Waals surface area contributed by atoms with Crippen LogP contribution in [0.15, 0.2) is 0 Å². The summed E-state index contributed by atoms with van der Waals surface area (Å²) in [5, 5.41) is 0. The molecule has 6 heteroatoms. The van der Waals surface area contributed by atoms with Gasteiger partial charge in [-0.15, -0.1) is 0 Å². The lowest BCUT2D eigenvalue weighted by atomic mass is 9.88. The Morgan fingerprint density at radius 3 is 2.12 bits per heavy atom. The van der Waals surface area contributed by atoms with Crippen molar-refractivity contribution in [2.45, 2.75) is 72.0 Å². The Bertz CT molecular complexity index is 520. The van der Waals surface area contributed by atoms with Crippen LogP contribution in [0.3, 0.4) is 0 Å². The van der Waals surface area contributed by atoms with E-state index in [2.05, 4.69) is 13.8 Å². The van der Waals surface area contributed by atoms with Gasteiger partial charge in [-0.05, 0) is 50.9 Å². The third-order valence-corrected chi connectivity index (χ3v) is 5.36. The van der Waals surface area contributed by atoms with Crippen LogP contribution >= 0.6 is 0 Å². The highest BCUT2D eigenvalue weighted by molar-refractivity contribution is 5.80. The van der Waals surface area contributed by atoms with Crippen molar-refractivity contribution >= 4 is 17.9 Å². The van der Waals surface area contributed by atoms with E-state index in [0.29, 0.717) is 31.3 Å². The number of carbonyl (C=O) groups is 3. The Labute approximate surface area is 149 Å². The second-order valence-electron chi connectivity index (χ2n) is 8.40. The number of rotatable bonds is 5. The van der Waals surface area contributed by atoms with E-state index >= 15 is 0 Å². The molecule has 6 nitrogen and oxygen atoms in total. The van der Waals surface area contributed by atoms with Gasteiger partial charge in [0.2, 0.25) is 6.10 Å². The standard InChI is InChI=1S/C19H30O6/c1-11-12(2)14(10-17(21)25-19(3,4)5)8-13(11)9-16(20)24-15-6-7-23-18(15)22/h11-15H,6-10H2,1-5H3. The SMILES string of the molecule is CC1C(CC(=O)OC2CCOC2=O)CC(CC(=O)OC(C)(C)C)C1C. The molecule has 1 aliphatic carbocycles. The minimum Gasteiger partial charge on any atom is -0.463 e. The van der Waals surface area contributed by atoms with Gasteiger partial charge in [0.15, 0.2) is 0 Å². The van der Waals surface area contributed by atoms with Gasteiger partial charge in [-0.1, -0.05) is 13.8 Å². The van der Waals surface area contributed by atoms with E-state index in [4.69, 9.17) is 14.2 Å². The molecule has 2 aliphatic rings. The van der Waals surface area contributed by atoms with E-state index in [1.807, 2.05) is 20.8 Å². The number of hydrogen-bond donors (Lipinski definition) is 0. The molecular weight excluding hydrogens is 324 g/mol. The molecular formula is C19H30O6. The largest absolute Gasteiger partial charge is 0.463 e. The lowest BCUT2D eigenvalue weighted by Crippen LogP contribution is -2.26. The average molecular weight is 354 g/mol. The van der Waals surface area contributed by atoms with Crippen molar-refractivity contribution in [3.63, 3.8) is 0 Å². The van der Waals surface area contributed by atoms with E-state index in [1.54, 1.807) is 0 Å². The molecule has 0 aromatic heterocycles.